The van der Waals surface area contributed by atoms with Crippen LogP contribution in [-0.4, -0.2) is 25.8 Å². The van der Waals surface area contributed by atoms with Crippen molar-refractivity contribution >= 4 is 38.3 Å². The number of esters is 1. The molecule has 0 N–H and O–H groups in total. The number of carbonyl (C=O) groups excluding carboxylic acids is 1. The molecule has 32 heavy (non-hydrogen) atoms. The zero-order chi connectivity index (χ0) is 22.7. The number of ether oxygens (including phenoxy) is 3. The minimum atomic E-state index is -0.831. The number of carbonyl (C=O) groups is 1. The molecule has 1 saturated heterocycles. The highest BCUT2D eigenvalue weighted by atomic mass is 16.7. The van der Waals surface area contributed by atoms with E-state index in [2.05, 4.69) is 63.2 Å². The molecule has 1 aliphatic rings. The van der Waals surface area contributed by atoms with Gasteiger partial charge in [-0.25, -0.2) is 0 Å². The van der Waals surface area contributed by atoms with Crippen molar-refractivity contribution in [2.24, 2.45) is 0 Å². The number of benzene rings is 4. The van der Waals surface area contributed by atoms with E-state index in [0.717, 1.165) is 27.3 Å². The quantitative estimate of drug-likeness (QED) is 0.285. The normalized spacial score (nSPS) is 16.4. The lowest BCUT2D eigenvalue weighted by Crippen LogP contribution is -2.23. The van der Waals surface area contributed by atoms with Gasteiger partial charge in [-0.05, 0) is 68.8 Å². The van der Waals surface area contributed by atoms with Crippen LogP contribution < -0.4 is 0 Å². The molecule has 0 aliphatic carbocycles. The van der Waals surface area contributed by atoms with Crippen LogP contribution >= 0.6 is 0 Å². The molecule has 0 spiro atoms. The Morgan fingerprint density at radius 3 is 2.19 bits per heavy atom. The molecule has 1 heterocycles. The van der Waals surface area contributed by atoms with E-state index in [4.69, 9.17) is 14.2 Å². The Hall–Kier alpha value is -2.69. The standard InChI is InChI=1S/C28H30O4/c1-6-30-24(29)16-19-15-23(28(5)31-11-12-32-28)22-10-8-18-14-20(27(2,3)4)13-17-7-9-21(19)26(22)25(17)18/h7-10,13-15H,6,11-12,16H2,1-5H3. The lowest BCUT2D eigenvalue weighted by atomic mass is 9.82. The Labute approximate surface area is 188 Å². The summed E-state index contributed by atoms with van der Waals surface area (Å²) >= 11 is 0. The van der Waals surface area contributed by atoms with Gasteiger partial charge in [0.25, 0.3) is 0 Å². The highest BCUT2D eigenvalue weighted by molar-refractivity contribution is 6.24. The van der Waals surface area contributed by atoms with Crippen molar-refractivity contribution in [1.82, 2.24) is 0 Å². The molecular formula is C28H30O4. The molecule has 166 valence electrons. The molecule has 0 bridgehead atoms. The molecule has 0 saturated carbocycles. The van der Waals surface area contributed by atoms with E-state index in [9.17, 15) is 4.79 Å². The molecule has 0 unspecified atom stereocenters. The zero-order valence-electron chi connectivity index (χ0n) is 19.5. The van der Waals surface area contributed by atoms with Crippen molar-refractivity contribution in [2.45, 2.75) is 52.2 Å². The maximum Gasteiger partial charge on any atom is 0.310 e. The summed E-state index contributed by atoms with van der Waals surface area (Å²) in [6.45, 7) is 12.0. The minimum absolute atomic E-state index is 0.0592. The van der Waals surface area contributed by atoms with Crippen LogP contribution in [0.4, 0.5) is 0 Å². The van der Waals surface area contributed by atoms with Gasteiger partial charge in [-0.1, -0.05) is 57.2 Å². The lowest BCUT2D eigenvalue weighted by molar-refractivity contribution is -0.148. The molecular weight excluding hydrogens is 400 g/mol. The summed E-state index contributed by atoms with van der Waals surface area (Å²) in [7, 11) is 0. The van der Waals surface area contributed by atoms with E-state index in [-0.39, 0.29) is 17.8 Å². The Kier molecular flexibility index (Phi) is 4.92. The third kappa shape index (κ3) is 3.33. The van der Waals surface area contributed by atoms with E-state index in [1.807, 2.05) is 13.8 Å². The van der Waals surface area contributed by atoms with Crippen molar-refractivity contribution in [3.63, 3.8) is 0 Å². The summed E-state index contributed by atoms with van der Waals surface area (Å²) in [5, 5.41) is 7.00. The van der Waals surface area contributed by atoms with Gasteiger partial charge in [0, 0.05) is 5.56 Å². The molecule has 0 radical (unpaired) electrons. The monoisotopic (exact) mass is 430 g/mol. The van der Waals surface area contributed by atoms with E-state index in [1.54, 1.807) is 0 Å². The van der Waals surface area contributed by atoms with Crippen LogP contribution in [0.5, 0.6) is 0 Å². The second-order valence-electron chi connectivity index (χ2n) is 9.86. The molecule has 5 rings (SSSR count). The molecule has 4 aromatic carbocycles. The fourth-order valence-corrected chi connectivity index (χ4v) is 4.98. The van der Waals surface area contributed by atoms with E-state index < -0.39 is 5.79 Å². The average molecular weight is 431 g/mol. The second-order valence-corrected chi connectivity index (χ2v) is 9.86. The average Bonchev–Trinajstić information content (AvgIpc) is 3.19. The van der Waals surface area contributed by atoms with Gasteiger partial charge in [-0.3, -0.25) is 4.79 Å². The highest BCUT2D eigenvalue weighted by Gasteiger charge is 2.36. The maximum atomic E-state index is 12.5. The van der Waals surface area contributed by atoms with Crippen molar-refractivity contribution in [1.29, 1.82) is 0 Å². The van der Waals surface area contributed by atoms with Gasteiger partial charge in [0.1, 0.15) is 0 Å². The van der Waals surface area contributed by atoms with Crippen molar-refractivity contribution in [3.8, 4) is 0 Å². The molecule has 1 fully saturated rings. The largest absolute Gasteiger partial charge is 0.466 e. The Balaban J connectivity index is 1.86. The van der Waals surface area contributed by atoms with Crippen LogP contribution in [0.2, 0.25) is 0 Å². The number of hydrogen-bond donors (Lipinski definition) is 0. The van der Waals surface area contributed by atoms with Crippen molar-refractivity contribution in [2.75, 3.05) is 19.8 Å². The number of rotatable bonds is 4. The third-order valence-corrected chi connectivity index (χ3v) is 6.64. The van der Waals surface area contributed by atoms with Gasteiger partial charge in [-0.15, -0.1) is 0 Å². The topological polar surface area (TPSA) is 44.8 Å². The Bertz CT molecular complexity index is 1300. The van der Waals surface area contributed by atoms with Crippen molar-refractivity contribution in [3.05, 3.63) is 59.2 Å². The van der Waals surface area contributed by atoms with Gasteiger partial charge >= 0.3 is 5.97 Å². The Morgan fingerprint density at radius 2 is 1.59 bits per heavy atom. The first-order valence-corrected chi connectivity index (χ1v) is 11.4. The van der Waals surface area contributed by atoms with E-state index in [0.29, 0.717) is 19.8 Å². The zero-order valence-corrected chi connectivity index (χ0v) is 19.5. The van der Waals surface area contributed by atoms with Crippen LogP contribution in [0.3, 0.4) is 0 Å². The summed E-state index contributed by atoms with van der Waals surface area (Å²) in [4.78, 5) is 12.5. The fraction of sp³-hybridized carbons (Fsp3) is 0.393. The summed E-state index contributed by atoms with van der Waals surface area (Å²) in [6, 6.07) is 15.4. The second kappa shape index (κ2) is 7.43. The SMILES string of the molecule is CCOC(=O)Cc1cc(C2(C)OCCO2)c2ccc3cc(C(C)(C)C)cc4ccc1c2c43. The van der Waals surface area contributed by atoms with Crippen LogP contribution in [0.15, 0.2) is 42.5 Å². The predicted octanol–water partition coefficient (Wildman–Crippen LogP) is 6.21. The van der Waals surface area contributed by atoms with Crippen molar-refractivity contribution < 1.29 is 19.0 Å². The molecule has 0 aromatic heterocycles. The highest BCUT2D eigenvalue weighted by Crippen LogP contribution is 2.44. The van der Waals surface area contributed by atoms with Crippen LogP contribution in [0, 0.1) is 0 Å². The summed E-state index contributed by atoms with van der Waals surface area (Å²) < 4.78 is 17.4. The first-order valence-electron chi connectivity index (χ1n) is 11.4. The first-order chi connectivity index (χ1) is 15.2. The summed E-state index contributed by atoms with van der Waals surface area (Å²) in [5.41, 5.74) is 3.28. The minimum Gasteiger partial charge on any atom is -0.466 e. The summed E-state index contributed by atoms with van der Waals surface area (Å²) in [6.07, 6.45) is 0.221. The molecule has 1 aliphatic heterocycles. The van der Waals surface area contributed by atoms with Gasteiger partial charge in [0.05, 0.1) is 26.2 Å². The van der Waals surface area contributed by atoms with E-state index >= 15 is 0 Å². The maximum absolute atomic E-state index is 12.5. The predicted molar refractivity (Wildman–Crippen MR) is 128 cm³/mol. The summed E-state index contributed by atoms with van der Waals surface area (Å²) in [5.74, 6) is -1.05. The number of hydrogen-bond acceptors (Lipinski definition) is 4. The molecule has 4 aromatic rings. The van der Waals surface area contributed by atoms with Gasteiger partial charge in [0.2, 0.25) is 0 Å². The molecule has 4 heteroatoms. The molecule has 0 atom stereocenters. The van der Waals surface area contributed by atoms with Gasteiger partial charge in [-0.2, -0.15) is 0 Å². The fourth-order valence-electron chi connectivity index (χ4n) is 4.98. The molecule has 4 nitrogen and oxygen atoms in total. The molecule has 0 amide bonds. The Morgan fingerprint density at radius 1 is 0.969 bits per heavy atom. The van der Waals surface area contributed by atoms with Crippen LogP contribution in [0.25, 0.3) is 32.3 Å². The first kappa shape index (κ1) is 21.2. The van der Waals surface area contributed by atoms with Crippen LogP contribution in [0.1, 0.15) is 51.3 Å². The van der Waals surface area contributed by atoms with Gasteiger partial charge in [0.15, 0.2) is 5.79 Å². The van der Waals surface area contributed by atoms with E-state index in [1.165, 1.54) is 21.7 Å². The lowest BCUT2D eigenvalue weighted by Gasteiger charge is -2.27. The smallest absolute Gasteiger partial charge is 0.310 e. The van der Waals surface area contributed by atoms with Gasteiger partial charge < -0.3 is 14.2 Å². The third-order valence-electron chi connectivity index (χ3n) is 6.64. The van der Waals surface area contributed by atoms with Crippen LogP contribution in [-0.2, 0) is 36.6 Å².